The van der Waals surface area contributed by atoms with Crippen molar-refractivity contribution in [3.8, 4) is 0 Å². The quantitative estimate of drug-likeness (QED) is 0.425. The Kier molecular flexibility index (Phi) is 9.10. The molecule has 0 aliphatic rings. The van der Waals surface area contributed by atoms with Crippen LogP contribution in [0.5, 0.6) is 0 Å². The van der Waals surface area contributed by atoms with Gasteiger partial charge in [-0.15, -0.1) is 0 Å². The third kappa shape index (κ3) is 8.42. The Labute approximate surface area is 135 Å². The molecule has 0 saturated heterocycles. The maximum absolute atomic E-state index is 13.6. The lowest BCUT2D eigenvalue weighted by Gasteiger charge is -2.09. The van der Waals surface area contributed by atoms with Crippen LogP contribution in [0, 0.1) is 0 Å². The molecule has 0 spiro atoms. The predicted molar refractivity (Wildman–Crippen MR) is 90.8 cm³/mol. The summed E-state index contributed by atoms with van der Waals surface area (Å²) in [5, 5.41) is 3.24. The van der Waals surface area contributed by atoms with Crippen molar-refractivity contribution in [1.29, 1.82) is 0 Å². The second-order valence-electron chi connectivity index (χ2n) is 4.82. The topological polar surface area (TPSA) is 50.4 Å². The highest BCUT2D eigenvalue weighted by atomic mass is 35.5. The molecule has 0 aliphatic heterocycles. The Hall–Kier alpha value is -1.88. The van der Waals surface area contributed by atoms with Crippen LogP contribution in [0.4, 0.5) is 8.78 Å². The highest BCUT2D eigenvalue weighted by Gasteiger charge is 2.04. The van der Waals surface area contributed by atoms with E-state index >= 15 is 0 Å². The summed E-state index contributed by atoms with van der Waals surface area (Å²) in [6, 6.07) is 0. The Bertz CT molecular complexity index is 562. The van der Waals surface area contributed by atoms with Crippen LogP contribution < -0.4 is 11.1 Å². The van der Waals surface area contributed by atoms with Gasteiger partial charge in [-0.2, -0.15) is 0 Å². The van der Waals surface area contributed by atoms with E-state index in [1.54, 1.807) is 20.8 Å². The molecule has 0 amide bonds. The minimum absolute atomic E-state index is 0.192. The second kappa shape index (κ2) is 9.95. The summed E-state index contributed by atoms with van der Waals surface area (Å²) in [6.07, 6.45) is 3.82. The van der Waals surface area contributed by atoms with E-state index in [9.17, 15) is 8.78 Å². The molecule has 3 N–H and O–H groups in total. The van der Waals surface area contributed by atoms with Crippen molar-refractivity contribution in [3.05, 3.63) is 58.3 Å². The first-order valence-electron chi connectivity index (χ1n) is 6.59. The van der Waals surface area contributed by atoms with Gasteiger partial charge in [0.1, 0.15) is 24.2 Å². The van der Waals surface area contributed by atoms with Crippen molar-refractivity contribution in [3.63, 3.8) is 0 Å². The predicted octanol–water partition coefficient (Wildman–Crippen LogP) is 4.61. The SMILES string of the molecule is C=C(C)/C(F)=C\C(=C/CF)NC(/C=C(\C)Cl)=N/C(N)=C(C)C. The molecule has 0 unspecified atom stereocenters. The number of hydrogen-bond acceptors (Lipinski definition) is 2. The van der Waals surface area contributed by atoms with E-state index in [2.05, 4.69) is 16.9 Å². The molecule has 122 valence electrons. The molecule has 0 atom stereocenters. The average Bonchev–Trinajstić information content (AvgIpc) is 2.37. The van der Waals surface area contributed by atoms with Crippen LogP contribution >= 0.6 is 11.6 Å². The van der Waals surface area contributed by atoms with E-state index in [0.717, 1.165) is 11.6 Å². The van der Waals surface area contributed by atoms with E-state index in [1.807, 2.05) is 0 Å². The number of hydrogen-bond donors (Lipinski definition) is 2. The van der Waals surface area contributed by atoms with E-state index in [4.69, 9.17) is 17.3 Å². The van der Waals surface area contributed by atoms with Crippen molar-refractivity contribution in [1.82, 2.24) is 5.32 Å². The van der Waals surface area contributed by atoms with Crippen LogP contribution in [-0.2, 0) is 0 Å². The molecule has 0 aromatic carbocycles. The number of allylic oxidation sites excluding steroid dienone is 6. The number of halogens is 3. The second-order valence-corrected chi connectivity index (χ2v) is 5.42. The van der Waals surface area contributed by atoms with E-state index in [0.29, 0.717) is 10.9 Å². The van der Waals surface area contributed by atoms with Gasteiger partial charge in [0.05, 0.1) is 0 Å². The molecular weight excluding hydrogens is 308 g/mol. The van der Waals surface area contributed by atoms with Gasteiger partial charge in [0, 0.05) is 10.7 Å². The average molecular weight is 330 g/mol. The van der Waals surface area contributed by atoms with Gasteiger partial charge in [0.25, 0.3) is 0 Å². The normalized spacial score (nSPS) is 14.0. The fourth-order valence-electron chi connectivity index (χ4n) is 1.16. The number of nitrogens with one attached hydrogen (secondary N) is 1. The van der Waals surface area contributed by atoms with Gasteiger partial charge in [0.2, 0.25) is 0 Å². The number of nitrogens with zero attached hydrogens (tertiary/aromatic N) is 1. The van der Waals surface area contributed by atoms with Crippen molar-refractivity contribution >= 4 is 17.4 Å². The Morgan fingerprint density at radius 1 is 1.27 bits per heavy atom. The van der Waals surface area contributed by atoms with Crippen LogP contribution in [-0.4, -0.2) is 12.5 Å². The number of rotatable bonds is 6. The van der Waals surface area contributed by atoms with Gasteiger partial charge < -0.3 is 11.1 Å². The molecule has 0 aliphatic carbocycles. The van der Waals surface area contributed by atoms with Crippen LogP contribution in [0.2, 0.25) is 0 Å². The lowest BCUT2D eigenvalue weighted by atomic mass is 10.2. The van der Waals surface area contributed by atoms with Crippen molar-refractivity contribution in [2.75, 3.05) is 6.67 Å². The van der Waals surface area contributed by atoms with Gasteiger partial charge in [0.15, 0.2) is 0 Å². The molecule has 0 aromatic rings. The summed E-state index contributed by atoms with van der Waals surface area (Å²) < 4.78 is 26.2. The molecule has 0 heterocycles. The first-order chi connectivity index (χ1) is 10.2. The zero-order valence-corrected chi connectivity index (χ0v) is 14.1. The summed E-state index contributed by atoms with van der Waals surface area (Å²) >= 11 is 5.84. The number of alkyl halides is 1. The van der Waals surface area contributed by atoms with Crippen molar-refractivity contribution in [2.24, 2.45) is 10.7 Å². The van der Waals surface area contributed by atoms with Gasteiger partial charge >= 0.3 is 0 Å². The van der Waals surface area contributed by atoms with Gasteiger partial charge in [-0.3, -0.25) is 0 Å². The smallest absolute Gasteiger partial charge is 0.133 e. The molecule has 22 heavy (non-hydrogen) atoms. The van der Waals surface area contributed by atoms with E-state index < -0.39 is 12.5 Å². The zero-order chi connectivity index (χ0) is 17.3. The lowest BCUT2D eigenvalue weighted by Crippen LogP contribution is -2.22. The fourth-order valence-corrected chi connectivity index (χ4v) is 1.27. The largest absolute Gasteiger partial charge is 0.384 e. The van der Waals surface area contributed by atoms with Crippen LogP contribution in [0.15, 0.2) is 63.3 Å². The number of aliphatic imine (C=N–C) groups is 1. The molecule has 0 aromatic heterocycles. The third-order valence-corrected chi connectivity index (χ3v) is 2.46. The summed E-state index contributed by atoms with van der Waals surface area (Å²) in [4.78, 5) is 4.16. The first-order valence-corrected chi connectivity index (χ1v) is 6.96. The molecular formula is C16H22ClF2N3. The zero-order valence-electron chi connectivity index (χ0n) is 13.3. The third-order valence-electron chi connectivity index (χ3n) is 2.35. The fraction of sp³-hybridized carbons (Fsp3) is 0.312. The van der Waals surface area contributed by atoms with E-state index in [1.165, 1.54) is 19.1 Å². The standard InChI is InChI=1S/C16H22ClF2N3/c1-10(2)14(19)9-13(6-7-18)21-15(8-12(5)17)22-16(20)11(3)4/h6,8-9H,1,7,20H2,2-5H3,(H,21,22)/b12-8+,13-6+,14-9+. The number of amidine groups is 1. The molecule has 3 nitrogen and oxygen atoms in total. The molecule has 0 radical (unpaired) electrons. The summed E-state index contributed by atoms with van der Waals surface area (Å²) in [7, 11) is 0. The van der Waals surface area contributed by atoms with Gasteiger partial charge in [-0.25, -0.2) is 13.8 Å². The Morgan fingerprint density at radius 3 is 2.27 bits per heavy atom. The van der Waals surface area contributed by atoms with Crippen molar-refractivity contribution in [2.45, 2.75) is 27.7 Å². The van der Waals surface area contributed by atoms with Crippen LogP contribution in [0.3, 0.4) is 0 Å². The summed E-state index contributed by atoms with van der Waals surface area (Å²) in [5.41, 5.74) is 7.01. The van der Waals surface area contributed by atoms with Gasteiger partial charge in [-0.1, -0.05) is 18.2 Å². The number of nitrogens with two attached hydrogens (primary N) is 1. The highest BCUT2D eigenvalue weighted by Crippen LogP contribution is 2.11. The maximum Gasteiger partial charge on any atom is 0.133 e. The Balaban J connectivity index is 5.65. The van der Waals surface area contributed by atoms with Crippen LogP contribution in [0.25, 0.3) is 0 Å². The molecule has 0 bridgehead atoms. The highest BCUT2D eigenvalue weighted by molar-refractivity contribution is 6.30. The van der Waals surface area contributed by atoms with Crippen molar-refractivity contribution < 1.29 is 8.78 Å². The monoisotopic (exact) mass is 329 g/mol. The van der Waals surface area contributed by atoms with E-state index in [-0.39, 0.29) is 17.1 Å². The lowest BCUT2D eigenvalue weighted by molar-refractivity contribution is 0.559. The van der Waals surface area contributed by atoms with Gasteiger partial charge in [-0.05, 0) is 57.1 Å². The Morgan fingerprint density at radius 2 is 1.86 bits per heavy atom. The molecule has 0 rings (SSSR count). The molecule has 0 fully saturated rings. The first kappa shape index (κ1) is 20.1. The summed E-state index contributed by atoms with van der Waals surface area (Å²) in [6.45, 7) is 9.48. The minimum Gasteiger partial charge on any atom is -0.384 e. The molecule has 6 heteroatoms. The van der Waals surface area contributed by atoms with Crippen LogP contribution in [0.1, 0.15) is 27.7 Å². The maximum atomic E-state index is 13.6. The summed E-state index contributed by atoms with van der Waals surface area (Å²) in [5.74, 6) is 0.00518. The molecule has 0 saturated carbocycles. The minimum atomic E-state index is -0.767.